The number of methoxy groups -OCH3 is 1. The third kappa shape index (κ3) is 5.70. The van der Waals surface area contributed by atoms with Crippen LogP contribution in [0.15, 0.2) is 48.5 Å². The number of rotatable bonds is 9. The lowest BCUT2D eigenvalue weighted by molar-refractivity contribution is -0.142. The van der Waals surface area contributed by atoms with Gasteiger partial charge in [0.25, 0.3) is 5.91 Å². The number of carbonyl (C=O) groups is 2. The van der Waals surface area contributed by atoms with Crippen LogP contribution in [-0.2, 0) is 16.1 Å². The predicted molar refractivity (Wildman–Crippen MR) is 104 cm³/mol. The van der Waals surface area contributed by atoms with Gasteiger partial charge in [0.2, 0.25) is 5.91 Å². The van der Waals surface area contributed by atoms with Crippen molar-refractivity contribution in [1.82, 2.24) is 10.2 Å². The highest BCUT2D eigenvalue weighted by molar-refractivity contribution is 5.88. The molecule has 28 heavy (non-hydrogen) atoms. The predicted octanol–water partition coefficient (Wildman–Crippen LogP) is 2.77. The average Bonchev–Trinajstić information content (AvgIpc) is 2.73. The van der Waals surface area contributed by atoms with Gasteiger partial charge in [0.1, 0.15) is 23.4 Å². The highest BCUT2D eigenvalue weighted by Gasteiger charge is 2.28. The van der Waals surface area contributed by atoms with E-state index < -0.39 is 6.04 Å². The van der Waals surface area contributed by atoms with Crippen LogP contribution < -0.4 is 14.8 Å². The van der Waals surface area contributed by atoms with E-state index >= 15 is 0 Å². The number of ether oxygens (including phenoxy) is 2. The topological polar surface area (TPSA) is 67.9 Å². The number of nitrogens with zero attached hydrogens (tertiary/aromatic N) is 1. The van der Waals surface area contributed by atoms with Crippen molar-refractivity contribution in [2.75, 3.05) is 20.8 Å². The molecule has 0 fully saturated rings. The Hall–Kier alpha value is -3.09. The van der Waals surface area contributed by atoms with Crippen molar-refractivity contribution in [1.29, 1.82) is 0 Å². The SMILES string of the molecule is CC[C@H](C(=O)NC)N(Cc1ccc(OC)cc1)C(=O)COc1ccc(F)cc1. The summed E-state index contributed by atoms with van der Waals surface area (Å²) in [4.78, 5) is 26.6. The largest absolute Gasteiger partial charge is 0.497 e. The van der Waals surface area contributed by atoms with Gasteiger partial charge in [0, 0.05) is 13.6 Å². The average molecular weight is 388 g/mol. The highest BCUT2D eigenvalue weighted by Crippen LogP contribution is 2.17. The van der Waals surface area contributed by atoms with Crippen LogP contribution in [0.25, 0.3) is 0 Å². The zero-order valence-electron chi connectivity index (χ0n) is 16.3. The Balaban J connectivity index is 2.16. The maximum Gasteiger partial charge on any atom is 0.261 e. The van der Waals surface area contributed by atoms with E-state index in [4.69, 9.17) is 9.47 Å². The van der Waals surface area contributed by atoms with Gasteiger partial charge in [-0.25, -0.2) is 4.39 Å². The van der Waals surface area contributed by atoms with Gasteiger partial charge in [-0.1, -0.05) is 19.1 Å². The molecule has 0 bridgehead atoms. The molecule has 6 nitrogen and oxygen atoms in total. The summed E-state index contributed by atoms with van der Waals surface area (Å²) in [6.07, 6.45) is 0.456. The normalized spacial score (nSPS) is 11.4. The van der Waals surface area contributed by atoms with Crippen molar-refractivity contribution >= 4 is 11.8 Å². The third-order valence-corrected chi connectivity index (χ3v) is 4.32. The van der Waals surface area contributed by atoms with Crippen molar-refractivity contribution in [2.45, 2.75) is 25.9 Å². The second kappa shape index (κ2) is 10.3. The van der Waals surface area contributed by atoms with Crippen LogP contribution in [0.1, 0.15) is 18.9 Å². The van der Waals surface area contributed by atoms with Crippen molar-refractivity contribution in [3.63, 3.8) is 0 Å². The molecule has 150 valence electrons. The first-order valence-electron chi connectivity index (χ1n) is 9.00. The molecule has 2 amide bonds. The molecule has 0 aromatic heterocycles. The summed E-state index contributed by atoms with van der Waals surface area (Å²) in [6, 6.07) is 12.1. The Bertz CT molecular complexity index is 778. The van der Waals surface area contributed by atoms with Crippen LogP contribution in [0.4, 0.5) is 4.39 Å². The zero-order chi connectivity index (χ0) is 20.5. The fourth-order valence-electron chi connectivity index (χ4n) is 2.77. The molecule has 1 N–H and O–H groups in total. The van der Waals surface area contributed by atoms with Crippen LogP contribution in [-0.4, -0.2) is 43.5 Å². The third-order valence-electron chi connectivity index (χ3n) is 4.32. The number of nitrogens with one attached hydrogen (secondary N) is 1. The van der Waals surface area contributed by atoms with Crippen LogP contribution in [0, 0.1) is 5.82 Å². The Morgan fingerprint density at radius 1 is 1.07 bits per heavy atom. The van der Waals surface area contributed by atoms with E-state index in [1.54, 1.807) is 19.2 Å². The quantitative estimate of drug-likeness (QED) is 0.717. The molecule has 2 aromatic rings. The first-order chi connectivity index (χ1) is 13.5. The first kappa shape index (κ1) is 21.2. The summed E-state index contributed by atoms with van der Waals surface area (Å²) < 4.78 is 23.6. The summed E-state index contributed by atoms with van der Waals surface area (Å²) in [5.74, 6) is 0.124. The summed E-state index contributed by atoms with van der Waals surface area (Å²) in [7, 11) is 3.12. The maximum absolute atomic E-state index is 13.0. The van der Waals surface area contributed by atoms with E-state index in [1.165, 1.54) is 36.2 Å². The number of halogens is 1. The maximum atomic E-state index is 13.0. The minimum absolute atomic E-state index is 0.244. The van der Waals surface area contributed by atoms with Gasteiger partial charge in [-0.05, 0) is 48.4 Å². The molecule has 0 aliphatic rings. The zero-order valence-corrected chi connectivity index (χ0v) is 16.3. The summed E-state index contributed by atoms with van der Waals surface area (Å²) in [5, 5.41) is 2.60. The Kier molecular flexibility index (Phi) is 7.80. The second-order valence-corrected chi connectivity index (χ2v) is 6.15. The van der Waals surface area contributed by atoms with Crippen LogP contribution >= 0.6 is 0 Å². The van der Waals surface area contributed by atoms with Gasteiger partial charge in [-0.3, -0.25) is 9.59 Å². The van der Waals surface area contributed by atoms with Crippen LogP contribution in [0.5, 0.6) is 11.5 Å². The van der Waals surface area contributed by atoms with E-state index in [1.807, 2.05) is 19.1 Å². The van der Waals surface area contributed by atoms with Crippen LogP contribution in [0.3, 0.4) is 0 Å². The van der Waals surface area contributed by atoms with Gasteiger partial charge in [-0.2, -0.15) is 0 Å². The molecule has 0 aliphatic heterocycles. The second-order valence-electron chi connectivity index (χ2n) is 6.15. The van der Waals surface area contributed by atoms with Crippen LogP contribution in [0.2, 0.25) is 0 Å². The smallest absolute Gasteiger partial charge is 0.261 e. The number of amides is 2. The Morgan fingerprint density at radius 3 is 2.21 bits per heavy atom. The first-order valence-corrected chi connectivity index (χ1v) is 9.00. The molecule has 0 aliphatic carbocycles. The lowest BCUT2D eigenvalue weighted by Crippen LogP contribution is -2.49. The Labute approximate surface area is 164 Å². The molecule has 0 saturated heterocycles. The lowest BCUT2D eigenvalue weighted by Gasteiger charge is -2.30. The molecule has 2 aromatic carbocycles. The van der Waals surface area contributed by atoms with E-state index in [0.717, 1.165) is 5.56 Å². The summed E-state index contributed by atoms with van der Waals surface area (Å²) >= 11 is 0. The molecule has 0 spiro atoms. The number of likely N-dealkylation sites (N-methyl/N-ethyl adjacent to an activating group) is 1. The minimum Gasteiger partial charge on any atom is -0.497 e. The molecule has 2 rings (SSSR count). The van der Waals surface area contributed by atoms with Gasteiger partial charge in [-0.15, -0.1) is 0 Å². The number of benzene rings is 2. The number of hydrogen-bond donors (Lipinski definition) is 1. The van der Waals surface area contributed by atoms with Gasteiger partial charge >= 0.3 is 0 Å². The van der Waals surface area contributed by atoms with Crippen molar-refractivity contribution in [3.05, 3.63) is 59.9 Å². The Morgan fingerprint density at radius 2 is 1.68 bits per heavy atom. The van der Waals surface area contributed by atoms with Crippen molar-refractivity contribution < 1.29 is 23.5 Å². The van der Waals surface area contributed by atoms with Gasteiger partial charge in [0.15, 0.2) is 6.61 Å². The molecule has 0 saturated carbocycles. The molecule has 7 heteroatoms. The van der Waals surface area contributed by atoms with E-state index in [2.05, 4.69) is 5.32 Å². The van der Waals surface area contributed by atoms with E-state index in [9.17, 15) is 14.0 Å². The standard InChI is InChI=1S/C21H25FN2O4/c1-4-19(21(26)23-2)24(13-15-5-9-17(27-3)10-6-15)20(25)14-28-18-11-7-16(22)8-12-18/h5-12,19H,4,13-14H2,1-3H3,(H,23,26)/t19-/m1/s1. The highest BCUT2D eigenvalue weighted by atomic mass is 19.1. The molecular formula is C21H25FN2O4. The fraction of sp³-hybridized carbons (Fsp3) is 0.333. The summed E-state index contributed by atoms with van der Waals surface area (Å²) in [6.45, 7) is 1.84. The number of hydrogen-bond acceptors (Lipinski definition) is 4. The molecule has 1 atom stereocenters. The van der Waals surface area contributed by atoms with Gasteiger partial charge < -0.3 is 19.7 Å². The molecule has 0 unspecified atom stereocenters. The van der Waals surface area contributed by atoms with Crippen molar-refractivity contribution in [3.8, 4) is 11.5 Å². The molecule has 0 radical (unpaired) electrons. The van der Waals surface area contributed by atoms with E-state index in [-0.39, 0.29) is 30.8 Å². The number of carbonyl (C=O) groups excluding carboxylic acids is 2. The minimum atomic E-state index is -0.628. The molecular weight excluding hydrogens is 363 g/mol. The van der Waals surface area contributed by atoms with E-state index in [0.29, 0.717) is 17.9 Å². The van der Waals surface area contributed by atoms with Crippen molar-refractivity contribution in [2.24, 2.45) is 0 Å². The fourth-order valence-corrected chi connectivity index (χ4v) is 2.77. The molecule has 0 heterocycles. The van der Waals surface area contributed by atoms with Gasteiger partial charge in [0.05, 0.1) is 7.11 Å². The lowest BCUT2D eigenvalue weighted by atomic mass is 10.1. The monoisotopic (exact) mass is 388 g/mol. The summed E-state index contributed by atoms with van der Waals surface area (Å²) in [5.41, 5.74) is 0.860.